The normalized spacial score (nSPS) is 10.1. The van der Waals surface area contributed by atoms with E-state index in [1.807, 2.05) is 6.07 Å². The molecule has 0 radical (unpaired) electrons. The predicted octanol–water partition coefficient (Wildman–Crippen LogP) is 3.23. The van der Waals surface area contributed by atoms with E-state index in [9.17, 15) is 4.79 Å². The van der Waals surface area contributed by atoms with Crippen LogP contribution in [0.25, 0.3) is 0 Å². The van der Waals surface area contributed by atoms with Crippen molar-refractivity contribution >= 4 is 29.0 Å². The first-order chi connectivity index (χ1) is 7.15. The number of halogens is 1. The molecule has 0 saturated carbocycles. The van der Waals surface area contributed by atoms with Crippen LogP contribution in [0.4, 0.5) is 0 Å². The second kappa shape index (κ2) is 5.95. The van der Waals surface area contributed by atoms with E-state index in [0.717, 1.165) is 0 Å². The Morgan fingerprint density at radius 1 is 1.40 bits per heavy atom. The van der Waals surface area contributed by atoms with Gasteiger partial charge in [-0.15, -0.1) is 0 Å². The van der Waals surface area contributed by atoms with Gasteiger partial charge in [0, 0.05) is 0 Å². The lowest BCUT2D eigenvalue weighted by Gasteiger charge is -2.11. The van der Waals surface area contributed by atoms with Crippen molar-refractivity contribution in [3.63, 3.8) is 0 Å². The maximum atomic E-state index is 11.4. The van der Waals surface area contributed by atoms with E-state index in [2.05, 4.69) is 16.9 Å². The van der Waals surface area contributed by atoms with Crippen LogP contribution in [0.3, 0.4) is 0 Å². The average Bonchev–Trinajstić information content (AvgIpc) is 2.25. The van der Waals surface area contributed by atoms with E-state index in [-0.39, 0.29) is 5.97 Å². The molecule has 1 aromatic rings. The van der Waals surface area contributed by atoms with Gasteiger partial charge in [0.15, 0.2) is 23.0 Å². The Morgan fingerprint density at radius 3 is 2.67 bits per heavy atom. The van der Waals surface area contributed by atoms with E-state index in [1.54, 1.807) is 41.2 Å². The summed E-state index contributed by atoms with van der Waals surface area (Å²) in [6.07, 6.45) is 0. The minimum atomic E-state index is -0.380. The molecule has 82 valence electrons. The third-order valence-electron chi connectivity index (χ3n) is 1.75. The molecule has 0 aromatic heterocycles. The molecule has 0 aliphatic rings. The predicted molar refractivity (Wildman–Crippen MR) is 66.2 cm³/mol. The second-order valence-electron chi connectivity index (χ2n) is 3.57. The van der Waals surface area contributed by atoms with Crippen LogP contribution in [0.15, 0.2) is 24.3 Å². The Labute approximate surface area is 103 Å². The lowest BCUT2D eigenvalue weighted by Crippen LogP contribution is -2.08. The number of hydrogen-bond donors (Lipinski definition) is 0. The molecular weight excluding hydrogens is 307 g/mol. The van der Waals surface area contributed by atoms with Gasteiger partial charge in [-0.25, -0.2) is 4.79 Å². The Morgan fingerprint density at radius 2 is 2.07 bits per heavy atom. The van der Waals surface area contributed by atoms with Gasteiger partial charge in [-0.1, -0.05) is 26.0 Å². The third-order valence-corrected chi connectivity index (χ3v) is 2.15. The topological polar surface area (TPSA) is 35.5 Å². The third kappa shape index (κ3) is 3.70. The highest BCUT2D eigenvalue weighted by Crippen LogP contribution is 2.20. The van der Waals surface area contributed by atoms with Crippen molar-refractivity contribution < 1.29 is 12.6 Å². The summed E-state index contributed by atoms with van der Waals surface area (Å²) in [6, 6.07) is 7.08. The zero-order chi connectivity index (χ0) is 11.3. The first kappa shape index (κ1) is 12.3. The first-order valence-corrected chi connectivity index (χ1v) is 5.58. The average molecular weight is 320 g/mol. The van der Waals surface area contributed by atoms with Crippen molar-refractivity contribution in [3.8, 4) is 5.75 Å². The summed E-state index contributed by atoms with van der Waals surface area (Å²) in [7, 11) is 0. The van der Waals surface area contributed by atoms with Crippen LogP contribution in [0, 0.1) is 5.92 Å². The van der Waals surface area contributed by atoms with Crippen molar-refractivity contribution in [2.75, 3.05) is 6.61 Å². The summed E-state index contributed by atoms with van der Waals surface area (Å²) < 4.78 is 10.2. The molecule has 15 heavy (non-hydrogen) atoms. The van der Waals surface area contributed by atoms with Crippen LogP contribution in [0.5, 0.6) is 5.75 Å². The molecule has 1 aromatic carbocycles. The van der Waals surface area contributed by atoms with Gasteiger partial charge < -0.3 is 7.80 Å². The van der Waals surface area contributed by atoms with Gasteiger partial charge in [0.1, 0.15) is 11.3 Å². The smallest absolute Gasteiger partial charge is 0.351 e. The van der Waals surface area contributed by atoms with Crippen LogP contribution in [0.1, 0.15) is 24.2 Å². The zero-order valence-electron chi connectivity index (χ0n) is 8.70. The molecule has 0 aliphatic carbocycles. The summed E-state index contributed by atoms with van der Waals surface area (Å²) >= 11 is 1.57. The maximum absolute atomic E-state index is 11.4. The van der Waals surface area contributed by atoms with Crippen LogP contribution < -0.4 is 4.74 Å². The SMILES string of the molecule is CC(C)COc1ccccc1C(=O)OI. The van der Waals surface area contributed by atoms with Gasteiger partial charge in [0.2, 0.25) is 0 Å². The molecule has 0 amide bonds. The highest BCUT2D eigenvalue weighted by molar-refractivity contribution is 14.1. The van der Waals surface area contributed by atoms with Crippen molar-refractivity contribution in [2.45, 2.75) is 13.8 Å². The molecule has 0 bridgehead atoms. The van der Waals surface area contributed by atoms with E-state index >= 15 is 0 Å². The summed E-state index contributed by atoms with van der Waals surface area (Å²) in [5.74, 6) is 0.622. The fraction of sp³-hybridized carbons (Fsp3) is 0.364. The van der Waals surface area contributed by atoms with Gasteiger partial charge in [0.05, 0.1) is 6.61 Å². The zero-order valence-corrected chi connectivity index (χ0v) is 10.9. The summed E-state index contributed by atoms with van der Waals surface area (Å²) in [5.41, 5.74) is 0.465. The highest BCUT2D eigenvalue weighted by atomic mass is 127. The van der Waals surface area contributed by atoms with E-state index < -0.39 is 0 Å². The van der Waals surface area contributed by atoms with Crippen molar-refractivity contribution in [1.82, 2.24) is 0 Å². The summed E-state index contributed by atoms with van der Waals surface area (Å²) in [6.45, 7) is 4.70. The number of para-hydroxylation sites is 1. The number of hydrogen-bond acceptors (Lipinski definition) is 3. The lowest BCUT2D eigenvalue weighted by molar-refractivity contribution is 0.0795. The molecule has 0 unspecified atom stereocenters. The largest absolute Gasteiger partial charge is 0.492 e. The van der Waals surface area contributed by atoms with Crippen molar-refractivity contribution in [2.24, 2.45) is 5.92 Å². The number of benzene rings is 1. The minimum absolute atomic E-state index is 0.380. The van der Waals surface area contributed by atoms with Crippen LogP contribution in [-0.4, -0.2) is 12.6 Å². The van der Waals surface area contributed by atoms with E-state index in [0.29, 0.717) is 23.8 Å². The van der Waals surface area contributed by atoms with Gasteiger partial charge in [-0.3, -0.25) is 0 Å². The fourth-order valence-corrected chi connectivity index (χ4v) is 1.30. The quantitative estimate of drug-likeness (QED) is 0.799. The summed E-state index contributed by atoms with van der Waals surface area (Å²) in [5, 5.41) is 0. The molecule has 0 saturated heterocycles. The molecular formula is C11H13IO3. The van der Waals surface area contributed by atoms with Crippen molar-refractivity contribution in [1.29, 1.82) is 0 Å². The standard InChI is InChI=1S/C11H13IO3/c1-8(2)7-14-10-6-4-3-5-9(10)11(13)15-12/h3-6,8H,7H2,1-2H3. The maximum Gasteiger partial charge on any atom is 0.351 e. The van der Waals surface area contributed by atoms with Gasteiger partial charge in [-0.05, 0) is 18.1 Å². The van der Waals surface area contributed by atoms with Crippen LogP contribution in [-0.2, 0) is 3.07 Å². The Hall–Kier alpha value is -0.780. The molecule has 0 heterocycles. The minimum Gasteiger partial charge on any atom is -0.492 e. The second-order valence-corrected chi connectivity index (χ2v) is 4.01. The highest BCUT2D eigenvalue weighted by Gasteiger charge is 2.12. The molecule has 4 heteroatoms. The number of carbonyl (C=O) groups excluding carboxylic acids is 1. The van der Waals surface area contributed by atoms with Crippen molar-refractivity contribution in [3.05, 3.63) is 29.8 Å². The Kier molecular flexibility index (Phi) is 4.87. The van der Waals surface area contributed by atoms with Crippen LogP contribution >= 0.6 is 23.0 Å². The van der Waals surface area contributed by atoms with E-state index in [1.165, 1.54) is 0 Å². The van der Waals surface area contributed by atoms with Gasteiger partial charge in [0.25, 0.3) is 0 Å². The molecule has 0 atom stereocenters. The van der Waals surface area contributed by atoms with Gasteiger partial charge >= 0.3 is 5.97 Å². The van der Waals surface area contributed by atoms with E-state index in [4.69, 9.17) is 4.74 Å². The molecule has 0 fully saturated rings. The monoisotopic (exact) mass is 320 g/mol. The van der Waals surface area contributed by atoms with Crippen LogP contribution in [0.2, 0.25) is 0 Å². The van der Waals surface area contributed by atoms with Gasteiger partial charge in [-0.2, -0.15) is 0 Å². The number of rotatable bonds is 4. The Bertz CT molecular complexity index is 336. The Balaban J connectivity index is 2.81. The molecule has 0 spiro atoms. The molecule has 3 nitrogen and oxygen atoms in total. The molecule has 0 N–H and O–H groups in total. The summed E-state index contributed by atoms with van der Waals surface area (Å²) in [4.78, 5) is 11.4. The number of carbonyl (C=O) groups is 1. The molecule has 1 rings (SSSR count). The first-order valence-electron chi connectivity index (χ1n) is 4.70. The number of ether oxygens (including phenoxy) is 1. The molecule has 0 aliphatic heterocycles. The fourth-order valence-electron chi connectivity index (χ4n) is 1.06. The lowest BCUT2D eigenvalue weighted by atomic mass is 10.2.